The molecule has 1 saturated heterocycles. The molecule has 0 saturated carbocycles. The van der Waals surface area contributed by atoms with Crippen LogP contribution in [0, 0.1) is 5.92 Å². The lowest BCUT2D eigenvalue weighted by Crippen LogP contribution is -2.38. The Morgan fingerprint density at radius 1 is 1.26 bits per heavy atom. The van der Waals surface area contributed by atoms with Crippen LogP contribution >= 0.6 is 0 Å². The van der Waals surface area contributed by atoms with Crippen LogP contribution in [-0.2, 0) is 5.54 Å². The Morgan fingerprint density at radius 3 is 2.63 bits per heavy atom. The summed E-state index contributed by atoms with van der Waals surface area (Å²) in [5.41, 5.74) is 1.54. The van der Waals surface area contributed by atoms with Gasteiger partial charge in [0.05, 0.1) is 6.10 Å². The zero-order valence-electron chi connectivity index (χ0n) is 12.7. The summed E-state index contributed by atoms with van der Waals surface area (Å²) in [4.78, 5) is 0. The van der Waals surface area contributed by atoms with Gasteiger partial charge in [-0.3, -0.25) is 0 Å². The van der Waals surface area contributed by atoms with Crippen LogP contribution in [0.2, 0.25) is 0 Å². The van der Waals surface area contributed by atoms with Gasteiger partial charge in [-0.25, -0.2) is 0 Å². The van der Waals surface area contributed by atoms with E-state index in [1.165, 1.54) is 24.8 Å². The molecule has 0 amide bonds. The second-order valence-corrected chi connectivity index (χ2v) is 6.40. The van der Waals surface area contributed by atoms with Crippen molar-refractivity contribution in [2.75, 3.05) is 6.54 Å². The van der Waals surface area contributed by atoms with Gasteiger partial charge < -0.3 is 10.1 Å². The van der Waals surface area contributed by atoms with E-state index in [2.05, 4.69) is 57.3 Å². The molecule has 0 aromatic heterocycles. The van der Waals surface area contributed by atoms with Crippen LogP contribution in [0.1, 0.15) is 52.5 Å². The van der Waals surface area contributed by atoms with E-state index in [1.54, 1.807) is 0 Å². The zero-order valence-corrected chi connectivity index (χ0v) is 12.7. The molecule has 2 rings (SSSR count). The fraction of sp³-hybridized carbons (Fsp3) is 0.647. The van der Waals surface area contributed by atoms with Crippen molar-refractivity contribution in [2.45, 2.75) is 58.6 Å². The number of hydrogen-bond acceptors (Lipinski definition) is 2. The fourth-order valence-corrected chi connectivity index (χ4v) is 3.18. The highest BCUT2D eigenvalue weighted by molar-refractivity contribution is 5.34. The summed E-state index contributed by atoms with van der Waals surface area (Å²) >= 11 is 0. The van der Waals surface area contributed by atoms with E-state index < -0.39 is 0 Å². The molecule has 0 aliphatic carbocycles. The zero-order chi connectivity index (χ0) is 13.9. The molecule has 1 aliphatic heterocycles. The van der Waals surface area contributed by atoms with Crippen molar-refractivity contribution in [1.29, 1.82) is 0 Å². The largest absolute Gasteiger partial charge is 0.491 e. The second-order valence-electron chi connectivity index (χ2n) is 6.40. The second kappa shape index (κ2) is 5.96. The van der Waals surface area contributed by atoms with Crippen LogP contribution in [0.4, 0.5) is 0 Å². The van der Waals surface area contributed by atoms with Gasteiger partial charge in [0.15, 0.2) is 0 Å². The van der Waals surface area contributed by atoms with Crippen LogP contribution in [0.3, 0.4) is 0 Å². The lowest BCUT2D eigenvalue weighted by molar-refractivity contribution is 0.240. The maximum atomic E-state index is 5.84. The van der Waals surface area contributed by atoms with E-state index >= 15 is 0 Å². The molecule has 1 aromatic rings. The molecule has 1 fully saturated rings. The number of hydrogen-bond donors (Lipinski definition) is 1. The van der Waals surface area contributed by atoms with Gasteiger partial charge in [0.1, 0.15) is 5.75 Å². The monoisotopic (exact) mass is 261 g/mol. The molecule has 2 heteroatoms. The topological polar surface area (TPSA) is 21.3 Å². The number of ether oxygens (including phenoxy) is 1. The predicted octanol–water partition coefficient (Wildman–Crippen LogP) is 4.10. The van der Waals surface area contributed by atoms with E-state index in [0.29, 0.717) is 5.92 Å². The quantitative estimate of drug-likeness (QED) is 0.861. The maximum absolute atomic E-state index is 5.84. The van der Waals surface area contributed by atoms with E-state index in [1.807, 2.05) is 0 Å². The molecular formula is C17H27NO. The van der Waals surface area contributed by atoms with Gasteiger partial charge in [-0.1, -0.05) is 26.0 Å². The molecular weight excluding hydrogens is 234 g/mol. The Hall–Kier alpha value is -1.02. The number of rotatable bonds is 5. The summed E-state index contributed by atoms with van der Waals surface area (Å²) in [6.45, 7) is 9.88. The Bertz CT molecular complexity index is 405. The molecule has 0 bridgehead atoms. The molecule has 1 unspecified atom stereocenters. The van der Waals surface area contributed by atoms with E-state index in [0.717, 1.165) is 12.3 Å². The van der Waals surface area contributed by atoms with Gasteiger partial charge in [-0.2, -0.15) is 0 Å². The Labute approximate surface area is 117 Å². The van der Waals surface area contributed by atoms with Gasteiger partial charge in [-0.05, 0) is 63.3 Å². The average molecular weight is 261 g/mol. The van der Waals surface area contributed by atoms with Crippen LogP contribution in [0.5, 0.6) is 5.75 Å². The van der Waals surface area contributed by atoms with Crippen molar-refractivity contribution in [2.24, 2.45) is 5.92 Å². The summed E-state index contributed by atoms with van der Waals surface area (Å²) < 4.78 is 5.84. The first-order valence-corrected chi connectivity index (χ1v) is 7.54. The molecule has 0 spiro atoms. The van der Waals surface area contributed by atoms with Crippen molar-refractivity contribution in [1.82, 2.24) is 5.32 Å². The number of benzene rings is 1. The molecule has 1 heterocycles. The van der Waals surface area contributed by atoms with Gasteiger partial charge in [0.2, 0.25) is 0 Å². The molecule has 1 N–H and O–H groups in total. The van der Waals surface area contributed by atoms with Gasteiger partial charge in [0.25, 0.3) is 0 Å². The SMILES string of the molecule is CC(C)CC1(c2cccc(OC(C)C)c2)CCCN1. The summed E-state index contributed by atoms with van der Waals surface area (Å²) in [6.07, 6.45) is 3.92. The van der Waals surface area contributed by atoms with Crippen molar-refractivity contribution < 1.29 is 4.74 Å². The van der Waals surface area contributed by atoms with E-state index in [4.69, 9.17) is 4.74 Å². The molecule has 1 aromatic carbocycles. The van der Waals surface area contributed by atoms with Gasteiger partial charge >= 0.3 is 0 Å². The predicted molar refractivity (Wildman–Crippen MR) is 80.6 cm³/mol. The molecule has 0 radical (unpaired) electrons. The van der Waals surface area contributed by atoms with Crippen LogP contribution in [0.25, 0.3) is 0 Å². The Kier molecular flexibility index (Phi) is 4.51. The lowest BCUT2D eigenvalue weighted by Gasteiger charge is -2.32. The lowest BCUT2D eigenvalue weighted by atomic mass is 9.81. The summed E-state index contributed by atoms with van der Waals surface area (Å²) in [5.74, 6) is 1.68. The third-order valence-electron chi connectivity index (χ3n) is 3.76. The molecule has 1 aliphatic rings. The summed E-state index contributed by atoms with van der Waals surface area (Å²) in [6, 6.07) is 8.64. The summed E-state index contributed by atoms with van der Waals surface area (Å²) in [7, 11) is 0. The Balaban J connectivity index is 2.26. The standard InChI is InChI=1S/C17H27NO/c1-13(2)12-17(9-6-10-18-17)15-7-5-8-16(11-15)19-14(3)4/h5,7-8,11,13-14,18H,6,9-10,12H2,1-4H3. The molecule has 1 atom stereocenters. The Morgan fingerprint density at radius 2 is 2.05 bits per heavy atom. The van der Waals surface area contributed by atoms with Crippen molar-refractivity contribution in [3.05, 3.63) is 29.8 Å². The first kappa shape index (κ1) is 14.4. The van der Waals surface area contributed by atoms with Crippen molar-refractivity contribution >= 4 is 0 Å². The molecule has 19 heavy (non-hydrogen) atoms. The maximum Gasteiger partial charge on any atom is 0.120 e. The average Bonchev–Trinajstić information content (AvgIpc) is 2.77. The highest BCUT2D eigenvalue weighted by Crippen LogP contribution is 2.38. The van der Waals surface area contributed by atoms with Crippen LogP contribution < -0.4 is 10.1 Å². The van der Waals surface area contributed by atoms with Crippen molar-refractivity contribution in [3.63, 3.8) is 0 Å². The van der Waals surface area contributed by atoms with Crippen LogP contribution in [0.15, 0.2) is 24.3 Å². The van der Waals surface area contributed by atoms with Crippen molar-refractivity contribution in [3.8, 4) is 5.75 Å². The molecule has 2 nitrogen and oxygen atoms in total. The minimum atomic E-state index is 0.157. The molecule has 106 valence electrons. The third kappa shape index (κ3) is 3.50. The van der Waals surface area contributed by atoms with E-state index in [-0.39, 0.29) is 11.6 Å². The third-order valence-corrected chi connectivity index (χ3v) is 3.76. The minimum absolute atomic E-state index is 0.157. The highest BCUT2D eigenvalue weighted by Gasteiger charge is 2.35. The number of nitrogens with one attached hydrogen (secondary N) is 1. The normalized spacial score (nSPS) is 23.3. The minimum Gasteiger partial charge on any atom is -0.491 e. The van der Waals surface area contributed by atoms with Crippen LogP contribution in [-0.4, -0.2) is 12.6 Å². The van der Waals surface area contributed by atoms with Gasteiger partial charge in [-0.15, -0.1) is 0 Å². The fourth-order valence-electron chi connectivity index (χ4n) is 3.18. The van der Waals surface area contributed by atoms with Gasteiger partial charge in [0, 0.05) is 5.54 Å². The smallest absolute Gasteiger partial charge is 0.120 e. The first-order valence-electron chi connectivity index (χ1n) is 7.54. The highest BCUT2D eigenvalue weighted by atomic mass is 16.5. The van der Waals surface area contributed by atoms with E-state index in [9.17, 15) is 0 Å². The first-order chi connectivity index (χ1) is 9.02. The summed E-state index contributed by atoms with van der Waals surface area (Å²) in [5, 5.41) is 3.74.